The van der Waals surface area contributed by atoms with Crippen molar-refractivity contribution in [1.29, 1.82) is 0 Å². The molecule has 2 aromatic heterocycles. The van der Waals surface area contributed by atoms with Gasteiger partial charge < -0.3 is 14.2 Å². The maximum absolute atomic E-state index is 15.5. The predicted molar refractivity (Wildman–Crippen MR) is 146 cm³/mol. The monoisotopic (exact) mass is 567 g/mol. The zero-order chi connectivity index (χ0) is 28.3. The summed E-state index contributed by atoms with van der Waals surface area (Å²) in [6.45, 7) is -0.168. The zero-order valence-electron chi connectivity index (χ0n) is 22.4. The fraction of sp³-hybridized carbons (Fsp3) is 0.321. The van der Waals surface area contributed by atoms with Gasteiger partial charge in [-0.05, 0) is 49.6 Å². The molecule has 2 aromatic carbocycles. The van der Waals surface area contributed by atoms with Gasteiger partial charge in [-0.25, -0.2) is 27.1 Å². The average molecular weight is 568 g/mol. The van der Waals surface area contributed by atoms with Crippen molar-refractivity contribution in [3.05, 3.63) is 84.3 Å². The lowest BCUT2D eigenvalue weighted by Crippen LogP contribution is -2.32. The summed E-state index contributed by atoms with van der Waals surface area (Å²) >= 11 is 0. The Morgan fingerprint density at radius 2 is 1.85 bits per heavy atom. The van der Waals surface area contributed by atoms with Crippen LogP contribution in [-0.2, 0) is 23.6 Å². The van der Waals surface area contributed by atoms with E-state index in [1.807, 2.05) is 17.8 Å². The number of aromatic nitrogens is 4. The normalized spacial score (nSPS) is 17.0. The van der Waals surface area contributed by atoms with Gasteiger partial charge >= 0.3 is 0 Å². The molecule has 4 aromatic rings. The van der Waals surface area contributed by atoms with Crippen molar-refractivity contribution in [3.63, 3.8) is 0 Å². The van der Waals surface area contributed by atoms with Crippen LogP contribution in [0.15, 0.2) is 72.1 Å². The predicted octanol–water partition coefficient (Wildman–Crippen LogP) is 4.48. The number of hydrogen-bond acceptors (Lipinski definition) is 8. The van der Waals surface area contributed by atoms with Gasteiger partial charge in [-0.3, -0.25) is 4.68 Å². The van der Waals surface area contributed by atoms with Crippen molar-refractivity contribution in [2.75, 3.05) is 18.5 Å². The number of rotatable bonds is 10. The molecule has 1 aliphatic rings. The largest absolute Gasteiger partial charge is 0.497 e. The average Bonchev–Trinajstić information content (AvgIpc) is 3.59. The molecule has 210 valence electrons. The molecule has 0 saturated heterocycles. The summed E-state index contributed by atoms with van der Waals surface area (Å²) in [4.78, 5) is 7.51. The minimum atomic E-state index is -4.41. The highest BCUT2D eigenvalue weighted by Gasteiger charge is 2.34. The molecular formula is C28H30FN5O5S. The zero-order valence-corrected chi connectivity index (χ0v) is 23.2. The fourth-order valence-corrected chi connectivity index (χ4v) is 6.51. The Morgan fingerprint density at radius 3 is 2.52 bits per heavy atom. The van der Waals surface area contributed by atoms with Crippen LogP contribution in [0, 0.1) is 5.82 Å². The molecule has 10 nitrogen and oxygen atoms in total. The number of ether oxygens (including phenoxy) is 3. The van der Waals surface area contributed by atoms with Gasteiger partial charge in [0.15, 0.2) is 0 Å². The van der Waals surface area contributed by atoms with E-state index in [1.54, 1.807) is 24.4 Å². The Labute approximate surface area is 232 Å². The van der Waals surface area contributed by atoms with Crippen LogP contribution >= 0.6 is 0 Å². The number of halogens is 1. The third-order valence-electron chi connectivity index (χ3n) is 7.08. The van der Waals surface area contributed by atoms with Crippen LogP contribution < -0.4 is 18.5 Å². The second kappa shape index (κ2) is 11.5. The van der Waals surface area contributed by atoms with E-state index in [4.69, 9.17) is 14.2 Å². The molecule has 2 atom stereocenters. The molecule has 0 aliphatic heterocycles. The second-order valence-electron chi connectivity index (χ2n) is 9.42. The highest BCUT2D eigenvalue weighted by Crippen LogP contribution is 2.38. The Balaban J connectivity index is 1.45. The number of anilines is 1. The van der Waals surface area contributed by atoms with Gasteiger partial charge in [0.1, 0.15) is 46.2 Å². The minimum Gasteiger partial charge on any atom is -0.497 e. The van der Waals surface area contributed by atoms with Crippen molar-refractivity contribution in [3.8, 4) is 17.2 Å². The molecule has 2 heterocycles. The molecule has 12 heteroatoms. The SMILES string of the molecule is COc1ccc(CN(c2ccncn2)S(=O)(=O)c2ccc(O[C@@H]3CCC[C@H]3c3ccnn3C)cc2F)c(OC)c1. The summed E-state index contributed by atoms with van der Waals surface area (Å²) in [5.74, 6) is 0.502. The Bertz CT molecular complexity index is 1580. The summed E-state index contributed by atoms with van der Waals surface area (Å²) < 4.78 is 63.0. The highest BCUT2D eigenvalue weighted by molar-refractivity contribution is 7.92. The number of hydrogen-bond donors (Lipinski definition) is 0. The van der Waals surface area contributed by atoms with Gasteiger partial charge in [0, 0.05) is 54.8 Å². The molecule has 1 saturated carbocycles. The van der Waals surface area contributed by atoms with Gasteiger partial charge in [-0.15, -0.1) is 0 Å². The van der Waals surface area contributed by atoms with Crippen LogP contribution in [0.2, 0.25) is 0 Å². The Morgan fingerprint density at radius 1 is 1.02 bits per heavy atom. The molecule has 5 rings (SSSR count). The van der Waals surface area contributed by atoms with Gasteiger partial charge in [0.05, 0.1) is 20.8 Å². The molecule has 1 fully saturated rings. The van der Waals surface area contributed by atoms with Crippen molar-refractivity contribution in [2.45, 2.75) is 42.7 Å². The van der Waals surface area contributed by atoms with Gasteiger partial charge in [-0.2, -0.15) is 5.10 Å². The van der Waals surface area contributed by atoms with Crippen molar-refractivity contribution in [2.24, 2.45) is 7.05 Å². The van der Waals surface area contributed by atoms with Crippen molar-refractivity contribution >= 4 is 15.8 Å². The highest BCUT2D eigenvalue weighted by atomic mass is 32.2. The third-order valence-corrected chi connectivity index (χ3v) is 8.86. The molecule has 0 bridgehead atoms. The lowest BCUT2D eigenvalue weighted by Gasteiger charge is -2.25. The molecule has 0 spiro atoms. The lowest BCUT2D eigenvalue weighted by atomic mass is 10.0. The number of methoxy groups -OCH3 is 2. The van der Waals surface area contributed by atoms with Crippen LogP contribution in [0.3, 0.4) is 0 Å². The van der Waals surface area contributed by atoms with Crippen LogP contribution in [0.5, 0.6) is 17.2 Å². The third kappa shape index (κ3) is 5.44. The summed E-state index contributed by atoms with van der Waals surface area (Å²) in [5, 5.41) is 4.25. The summed E-state index contributed by atoms with van der Waals surface area (Å²) in [5.41, 5.74) is 1.59. The summed E-state index contributed by atoms with van der Waals surface area (Å²) in [6.07, 6.45) is 6.94. The fourth-order valence-electron chi connectivity index (χ4n) is 5.07. The molecule has 40 heavy (non-hydrogen) atoms. The number of aryl methyl sites for hydroxylation is 1. The first-order valence-electron chi connectivity index (χ1n) is 12.8. The van der Waals surface area contributed by atoms with E-state index in [0.717, 1.165) is 35.3 Å². The van der Waals surface area contributed by atoms with E-state index < -0.39 is 20.7 Å². The molecule has 1 aliphatic carbocycles. The van der Waals surface area contributed by atoms with Crippen LogP contribution in [0.1, 0.15) is 36.4 Å². The first-order valence-corrected chi connectivity index (χ1v) is 14.2. The standard InChI is InChI=1S/C28H30FN5O5S/c1-33-24(11-14-32-33)22-5-4-6-25(22)39-21-9-10-27(23(29)15-21)40(35,36)34(28-12-13-30-18-31-28)17-19-7-8-20(37-2)16-26(19)38-3/h7-16,18,22,25H,4-6,17H2,1-3H3/t22-,25+/m0/s1. The summed E-state index contributed by atoms with van der Waals surface area (Å²) in [6, 6.07) is 12.3. The molecular weight excluding hydrogens is 537 g/mol. The van der Waals surface area contributed by atoms with Crippen molar-refractivity contribution < 1.29 is 27.0 Å². The number of sulfonamides is 1. The van der Waals surface area contributed by atoms with Crippen LogP contribution in [-0.4, -0.2) is 48.5 Å². The topological polar surface area (TPSA) is 109 Å². The lowest BCUT2D eigenvalue weighted by molar-refractivity contribution is 0.186. The van der Waals surface area contributed by atoms with Crippen LogP contribution in [0.4, 0.5) is 10.2 Å². The number of nitrogens with zero attached hydrogens (tertiary/aromatic N) is 5. The smallest absolute Gasteiger partial charge is 0.268 e. The summed E-state index contributed by atoms with van der Waals surface area (Å²) in [7, 11) is 0.476. The minimum absolute atomic E-state index is 0.0811. The van der Waals surface area contributed by atoms with Crippen LogP contribution in [0.25, 0.3) is 0 Å². The van der Waals surface area contributed by atoms with E-state index in [-0.39, 0.29) is 30.1 Å². The van der Waals surface area contributed by atoms with Gasteiger partial charge in [0.25, 0.3) is 10.0 Å². The first kappa shape index (κ1) is 27.4. The Kier molecular flexibility index (Phi) is 7.88. The molecule has 0 unspecified atom stereocenters. The quantitative estimate of drug-likeness (QED) is 0.276. The maximum Gasteiger partial charge on any atom is 0.268 e. The molecule has 0 N–H and O–H groups in total. The van der Waals surface area contributed by atoms with E-state index in [9.17, 15) is 8.42 Å². The first-order chi connectivity index (χ1) is 19.3. The second-order valence-corrected chi connectivity index (χ2v) is 11.3. The van der Waals surface area contributed by atoms with E-state index in [2.05, 4.69) is 15.1 Å². The van der Waals surface area contributed by atoms with E-state index in [0.29, 0.717) is 17.1 Å². The number of benzene rings is 2. The van der Waals surface area contributed by atoms with Crippen molar-refractivity contribution in [1.82, 2.24) is 19.7 Å². The maximum atomic E-state index is 15.5. The Hall–Kier alpha value is -4.19. The van der Waals surface area contributed by atoms with E-state index >= 15 is 4.39 Å². The molecule has 0 amide bonds. The van der Waals surface area contributed by atoms with Gasteiger partial charge in [0.2, 0.25) is 0 Å². The van der Waals surface area contributed by atoms with E-state index in [1.165, 1.54) is 44.9 Å². The molecule has 0 radical (unpaired) electrons. The van der Waals surface area contributed by atoms with Gasteiger partial charge in [-0.1, -0.05) is 0 Å².